The highest BCUT2D eigenvalue weighted by atomic mass is 79.9. The number of nitrogens with zero attached hydrogens (tertiary/aromatic N) is 1. The summed E-state index contributed by atoms with van der Waals surface area (Å²) in [6.07, 6.45) is 3.86. The van der Waals surface area contributed by atoms with Crippen molar-refractivity contribution in [1.29, 1.82) is 0 Å². The van der Waals surface area contributed by atoms with Gasteiger partial charge in [-0.15, -0.1) is 0 Å². The molecule has 2 rings (SSSR count). The molecule has 0 aliphatic heterocycles. The predicted molar refractivity (Wildman–Crippen MR) is 70.0 cm³/mol. The number of hydrogen-bond donors (Lipinski definition) is 1. The van der Waals surface area contributed by atoms with E-state index in [4.69, 9.17) is 9.84 Å². The number of benzene rings is 1. The van der Waals surface area contributed by atoms with Gasteiger partial charge in [-0.25, -0.2) is 0 Å². The van der Waals surface area contributed by atoms with Crippen LogP contribution < -0.4 is 4.74 Å². The lowest BCUT2D eigenvalue weighted by atomic mass is 10.3. The zero-order valence-corrected chi connectivity index (χ0v) is 10.9. The van der Waals surface area contributed by atoms with Crippen LogP contribution in [0.2, 0.25) is 0 Å². The minimum atomic E-state index is 0.0828. The highest BCUT2D eigenvalue weighted by Crippen LogP contribution is 2.17. The summed E-state index contributed by atoms with van der Waals surface area (Å²) in [5.74, 6) is 0.855. The largest absolute Gasteiger partial charge is 0.492 e. The van der Waals surface area contributed by atoms with Gasteiger partial charge in [0.05, 0.1) is 13.2 Å². The van der Waals surface area contributed by atoms with Crippen LogP contribution in [0, 0.1) is 0 Å². The van der Waals surface area contributed by atoms with Crippen molar-refractivity contribution < 1.29 is 9.84 Å². The van der Waals surface area contributed by atoms with Crippen molar-refractivity contribution in [2.75, 3.05) is 6.61 Å². The van der Waals surface area contributed by atoms with Crippen molar-refractivity contribution >= 4 is 15.9 Å². The van der Waals surface area contributed by atoms with E-state index in [1.54, 1.807) is 0 Å². The molecule has 0 fully saturated rings. The van der Waals surface area contributed by atoms with Gasteiger partial charge in [0.1, 0.15) is 12.4 Å². The second kappa shape index (κ2) is 5.89. The van der Waals surface area contributed by atoms with E-state index in [0.717, 1.165) is 22.3 Å². The number of rotatable bonds is 5. The molecule has 0 unspecified atom stereocenters. The molecule has 0 atom stereocenters. The van der Waals surface area contributed by atoms with Gasteiger partial charge < -0.3 is 14.4 Å². The monoisotopic (exact) mass is 295 g/mol. The Bertz CT molecular complexity index is 482. The van der Waals surface area contributed by atoms with E-state index in [0.29, 0.717) is 6.61 Å². The van der Waals surface area contributed by atoms with Gasteiger partial charge in [0.15, 0.2) is 0 Å². The van der Waals surface area contributed by atoms with Gasteiger partial charge in [-0.2, -0.15) is 0 Å². The Morgan fingerprint density at radius 2 is 2.18 bits per heavy atom. The van der Waals surface area contributed by atoms with E-state index in [1.165, 1.54) is 0 Å². The zero-order valence-electron chi connectivity index (χ0n) is 9.34. The Hall–Kier alpha value is -1.26. The molecule has 0 radical (unpaired) electrons. The summed E-state index contributed by atoms with van der Waals surface area (Å²) < 4.78 is 8.64. The minimum Gasteiger partial charge on any atom is -0.492 e. The maximum atomic E-state index is 8.94. The Morgan fingerprint density at radius 1 is 1.29 bits per heavy atom. The molecule has 0 amide bonds. The summed E-state index contributed by atoms with van der Waals surface area (Å²) in [5, 5.41) is 8.94. The first-order valence-corrected chi connectivity index (χ1v) is 6.21. The quantitative estimate of drug-likeness (QED) is 0.920. The molecule has 0 saturated carbocycles. The molecule has 1 aromatic heterocycles. The van der Waals surface area contributed by atoms with Crippen LogP contribution in [0.15, 0.2) is 47.2 Å². The SMILES string of the molecule is OCc1ccn(CCOc2cccc(Br)c2)c1. The summed E-state index contributed by atoms with van der Waals surface area (Å²) in [5.41, 5.74) is 0.924. The predicted octanol–water partition coefficient (Wildman–Crippen LogP) is 2.82. The average molecular weight is 296 g/mol. The molecule has 17 heavy (non-hydrogen) atoms. The van der Waals surface area contributed by atoms with Crippen LogP contribution in [-0.2, 0) is 13.2 Å². The number of halogens is 1. The molecule has 1 aromatic carbocycles. The highest BCUT2D eigenvalue weighted by molar-refractivity contribution is 9.10. The average Bonchev–Trinajstić information content (AvgIpc) is 2.77. The molecule has 1 heterocycles. The Labute approximate surface area is 109 Å². The first-order chi connectivity index (χ1) is 8.28. The van der Waals surface area contributed by atoms with Gasteiger partial charge in [-0.3, -0.25) is 0 Å². The Kier molecular flexibility index (Phi) is 4.23. The van der Waals surface area contributed by atoms with Gasteiger partial charge in [0.2, 0.25) is 0 Å². The topological polar surface area (TPSA) is 34.4 Å². The van der Waals surface area contributed by atoms with Crippen LogP contribution in [0.4, 0.5) is 0 Å². The van der Waals surface area contributed by atoms with E-state index in [9.17, 15) is 0 Å². The normalized spacial score (nSPS) is 10.5. The molecular weight excluding hydrogens is 282 g/mol. The molecule has 0 aliphatic rings. The molecule has 0 saturated heterocycles. The fraction of sp³-hybridized carbons (Fsp3) is 0.231. The molecule has 0 spiro atoms. The first-order valence-electron chi connectivity index (χ1n) is 5.42. The van der Waals surface area contributed by atoms with Crippen molar-refractivity contribution in [2.24, 2.45) is 0 Å². The number of hydrogen-bond acceptors (Lipinski definition) is 2. The van der Waals surface area contributed by atoms with Gasteiger partial charge in [0.25, 0.3) is 0 Å². The summed E-state index contributed by atoms with van der Waals surface area (Å²) in [6.45, 7) is 1.46. The van der Waals surface area contributed by atoms with Crippen molar-refractivity contribution in [2.45, 2.75) is 13.2 Å². The van der Waals surface area contributed by atoms with E-state index in [2.05, 4.69) is 15.9 Å². The second-order valence-electron chi connectivity index (χ2n) is 3.72. The van der Waals surface area contributed by atoms with Crippen LogP contribution in [0.25, 0.3) is 0 Å². The standard InChI is InChI=1S/C13H14BrNO2/c14-12-2-1-3-13(8-12)17-7-6-15-5-4-11(9-15)10-16/h1-5,8-9,16H,6-7,10H2. The summed E-state index contributed by atoms with van der Waals surface area (Å²) >= 11 is 3.40. The van der Waals surface area contributed by atoms with Gasteiger partial charge in [-0.1, -0.05) is 22.0 Å². The molecule has 4 heteroatoms. The fourth-order valence-corrected chi connectivity index (χ4v) is 1.93. The van der Waals surface area contributed by atoms with Crippen LogP contribution in [0.5, 0.6) is 5.75 Å². The zero-order chi connectivity index (χ0) is 12.1. The Balaban J connectivity index is 1.83. The summed E-state index contributed by atoms with van der Waals surface area (Å²) in [7, 11) is 0. The van der Waals surface area contributed by atoms with Crippen molar-refractivity contribution in [1.82, 2.24) is 4.57 Å². The fourth-order valence-electron chi connectivity index (χ4n) is 1.55. The van der Waals surface area contributed by atoms with Crippen LogP contribution in [-0.4, -0.2) is 16.3 Å². The van der Waals surface area contributed by atoms with Gasteiger partial charge >= 0.3 is 0 Å². The lowest BCUT2D eigenvalue weighted by Gasteiger charge is -2.07. The van der Waals surface area contributed by atoms with Crippen molar-refractivity contribution in [3.05, 3.63) is 52.8 Å². The maximum absolute atomic E-state index is 8.94. The molecular formula is C13H14BrNO2. The van der Waals surface area contributed by atoms with Crippen LogP contribution in [0.1, 0.15) is 5.56 Å². The third kappa shape index (κ3) is 3.61. The van der Waals surface area contributed by atoms with Crippen LogP contribution in [0.3, 0.4) is 0 Å². The van der Waals surface area contributed by atoms with E-state index in [1.807, 2.05) is 47.3 Å². The molecule has 3 nitrogen and oxygen atoms in total. The number of aliphatic hydroxyl groups excluding tert-OH is 1. The molecule has 0 aliphatic carbocycles. The van der Waals surface area contributed by atoms with E-state index < -0.39 is 0 Å². The molecule has 1 N–H and O–H groups in total. The first kappa shape index (κ1) is 12.2. The van der Waals surface area contributed by atoms with Crippen LogP contribution >= 0.6 is 15.9 Å². The second-order valence-corrected chi connectivity index (χ2v) is 4.64. The highest BCUT2D eigenvalue weighted by Gasteiger charge is 1.97. The number of ether oxygens (including phenoxy) is 1. The third-order valence-electron chi connectivity index (χ3n) is 2.41. The summed E-state index contributed by atoms with van der Waals surface area (Å²) in [4.78, 5) is 0. The third-order valence-corrected chi connectivity index (χ3v) is 2.90. The van der Waals surface area contributed by atoms with Gasteiger partial charge in [-0.05, 0) is 29.8 Å². The van der Waals surface area contributed by atoms with E-state index in [-0.39, 0.29) is 6.61 Å². The minimum absolute atomic E-state index is 0.0828. The lowest BCUT2D eigenvalue weighted by Crippen LogP contribution is -2.06. The lowest BCUT2D eigenvalue weighted by molar-refractivity contribution is 0.280. The Morgan fingerprint density at radius 3 is 2.88 bits per heavy atom. The molecule has 2 aromatic rings. The summed E-state index contributed by atoms with van der Waals surface area (Å²) in [6, 6.07) is 9.68. The van der Waals surface area contributed by atoms with Crippen molar-refractivity contribution in [3.63, 3.8) is 0 Å². The number of aliphatic hydroxyl groups is 1. The number of aromatic nitrogens is 1. The van der Waals surface area contributed by atoms with E-state index >= 15 is 0 Å². The molecule has 90 valence electrons. The van der Waals surface area contributed by atoms with Crippen molar-refractivity contribution in [3.8, 4) is 5.75 Å². The molecule has 0 bridgehead atoms. The van der Waals surface area contributed by atoms with Gasteiger partial charge in [0, 0.05) is 16.9 Å². The smallest absolute Gasteiger partial charge is 0.120 e. The maximum Gasteiger partial charge on any atom is 0.120 e.